The molecule has 0 heterocycles. The number of hydrogen-bond acceptors (Lipinski definition) is 3. The number of carboxylic acid groups (broad SMARTS) is 1. The smallest absolute Gasteiger partial charge is 0.336 e. The molecule has 1 amide bonds. The van der Waals surface area contributed by atoms with Gasteiger partial charge in [-0.1, -0.05) is 31.4 Å². The Balaban J connectivity index is 2.04. The monoisotopic (exact) mass is 312 g/mol. The van der Waals surface area contributed by atoms with Crippen LogP contribution in [-0.2, 0) is 0 Å². The van der Waals surface area contributed by atoms with Gasteiger partial charge in [-0.3, -0.25) is 4.79 Å². The molecule has 120 valence electrons. The molecule has 0 atom stereocenters. The summed E-state index contributed by atoms with van der Waals surface area (Å²) in [5.74, 6) is -1.29. The van der Waals surface area contributed by atoms with Gasteiger partial charge in [-0.05, 0) is 31.0 Å². The van der Waals surface area contributed by atoms with Crippen molar-refractivity contribution >= 4 is 28.3 Å². The van der Waals surface area contributed by atoms with E-state index in [1.165, 1.54) is 12.5 Å². The van der Waals surface area contributed by atoms with Crippen LogP contribution in [0.1, 0.15) is 52.8 Å². The normalized spacial score (nSPS) is 15.5. The van der Waals surface area contributed by atoms with Crippen LogP contribution in [0.5, 0.6) is 0 Å². The Morgan fingerprint density at radius 3 is 2.48 bits per heavy atom. The molecule has 0 radical (unpaired) electrons. The fourth-order valence-electron chi connectivity index (χ4n) is 3.31. The first-order valence-corrected chi connectivity index (χ1v) is 7.93. The topological polar surface area (TPSA) is 92.4 Å². The molecule has 5 heteroatoms. The number of benzene rings is 2. The Morgan fingerprint density at radius 2 is 1.78 bits per heavy atom. The van der Waals surface area contributed by atoms with Gasteiger partial charge in [0.05, 0.1) is 5.56 Å². The summed E-state index contributed by atoms with van der Waals surface area (Å²) in [4.78, 5) is 24.2. The number of hydrogen-bond donors (Lipinski definition) is 3. The van der Waals surface area contributed by atoms with Crippen LogP contribution in [0.3, 0.4) is 0 Å². The first-order chi connectivity index (χ1) is 11.1. The molecule has 2 aromatic carbocycles. The second-order valence-corrected chi connectivity index (χ2v) is 6.04. The van der Waals surface area contributed by atoms with Gasteiger partial charge >= 0.3 is 5.97 Å². The van der Waals surface area contributed by atoms with E-state index in [1.54, 1.807) is 24.3 Å². The van der Waals surface area contributed by atoms with Crippen LogP contribution in [0.2, 0.25) is 0 Å². The summed E-state index contributed by atoms with van der Waals surface area (Å²) >= 11 is 0. The molecule has 0 saturated heterocycles. The number of carboxylic acids is 1. The molecule has 0 unspecified atom stereocenters. The maximum absolute atomic E-state index is 12.7. The van der Waals surface area contributed by atoms with Gasteiger partial charge in [-0.2, -0.15) is 0 Å². The van der Waals surface area contributed by atoms with E-state index in [0.717, 1.165) is 25.7 Å². The van der Waals surface area contributed by atoms with Crippen LogP contribution < -0.4 is 11.1 Å². The van der Waals surface area contributed by atoms with Gasteiger partial charge in [0.25, 0.3) is 5.91 Å². The van der Waals surface area contributed by atoms with Crippen molar-refractivity contribution in [3.8, 4) is 0 Å². The third-order valence-electron chi connectivity index (χ3n) is 4.49. The van der Waals surface area contributed by atoms with Crippen molar-refractivity contribution in [3.05, 3.63) is 41.5 Å². The summed E-state index contributed by atoms with van der Waals surface area (Å²) in [6.45, 7) is 0. The number of carbonyl (C=O) groups is 2. The number of rotatable bonds is 3. The van der Waals surface area contributed by atoms with Crippen LogP contribution in [-0.4, -0.2) is 23.0 Å². The summed E-state index contributed by atoms with van der Waals surface area (Å²) < 4.78 is 0. The highest BCUT2D eigenvalue weighted by Gasteiger charge is 2.21. The van der Waals surface area contributed by atoms with Gasteiger partial charge in [0.1, 0.15) is 0 Å². The summed E-state index contributed by atoms with van der Waals surface area (Å²) in [7, 11) is 0. The molecule has 23 heavy (non-hydrogen) atoms. The van der Waals surface area contributed by atoms with Crippen molar-refractivity contribution in [2.24, 2.45) is 0 Å². The van der Waals surface area contributed by atoms with E-state index in [0.29, 0.717) is 22.0 Å². The van der Waals surface area contributed by atoms with E-state index in [2.05, 4.69) is 5.32 Å². The molecule has 0 spiro atoms. The molecule has 5 nitrogen and oxygen atoms in total. The number of nitrogens with two attached hydrogens (primary N) is 1. The SMILES string of the molecule is Nc1ccc(C(=O)NC2CCCCC2)c2c(C(=O)O)cccc12. The van der Waals surface area contributed by atoms with Crippen LogP contribution >= 0.6 is 0 Å². The molecular formula is C18H20N2O3. The maximum atomic E-state index is 12.7. The summed E-state index contributed by atoms with van der Waals surface area (Å²) in [5, 5.41) is 13.5. The quantitative estimate of drug-likeness (QED) is 0.759. The Hall–Kier alpha value is -2.56. The van der Waals surface area contributed by atoms with Crippen LogP contribution in [0, 0.1) is 0 Å². The summed E-state index contributed by atoms with van der Waals surface area (Å²) in [6.07, 6.45) is 5.40. The van der Waals surface area contributed by atoms with E-state index >= 15 is 0 Å². The molecule has 1 aliphatic carbocycles. The van der Waals surface area contributed by atoms with Crippen molar-refractivity contribution in [2.75, 3.05) is 5.73 Å². The third kappa shape index (κ3) is 2.99. The van der Waals surface area contributed by atoms with E-state index in [4.69, 9.17) is 5.73 Å². The molecule has 0 aromatic heterocycles. The highest BCUT2D eigenvalue weighted by Crippen LogP contribution is 2.28. The lowest BCUT2D eigenvalue weighted by atomic mass is 9.94. The van der Waals surface area contributed by atoms with Crippen molar-refractivity contribution in [3.63, 3.8) is 0 Å². The molecule has 2 aromatic rings. The Labute approximate surface area is 134 Å². The van der Waals surface area contributed by atoms with E-state index in [9.17, 15) is 14.7 Å². The van der Waals surface area contributed by atoms with Gasteiger partial charge in [-0.25, -0.2) is 4.79 Å². The first kappa shape index (κ1) is 15.3. The number of nitrogens with one attached hydrogen (secondary N) is 1. The largest absolute Gasteiger partial charge is 0.478 e. The number of carbonyl (C=O) groups excluding carboxylic acids is 1. The predicted molar refractivity (Wildman–Crippen MR) is 89.7 cm³/mol. The molecule has 1 aliphatic rings. The summed E-state index contributed by atoms with van der Waals surface area (Å²) in [5.41, 5.74) is 6.90. The van der Waals surface area contributed by atoms with E-state index in [1.807, 2.05) is 0 Å². The first-order valence-electron chi connectivity index (χ1n) is 7.93. The fourth-order valence-corrected chi connectivity index (χ4v) is 3.31. The molecule has 0 aliphatic heterocycles. The lowest BCUT2D eigenvalue weighted by Gasteiger charge is -2.23. The molecule has 3 rings (SSSR count). The zero-order valence-electron chi connectivity index (χ0n) is 12.8. The minimum absolute atomic E-state index is 0.101. The summed E-state index contributed by atoms with van der Waals surface area (Å²) in [6, 6.07) is 8.33. The van der Waals surface area contributed by atoms with Crippen molar-refractivity contribution in [1.82, 2.24) is 5.32 Å². The molecular weight excluding hydrogens is 292 g/mol. The highest BCUT2D eigenvalue weighted by molar-refractivity contribution is 6.16. The van der Waals surface area contributed by atoms with Crippen LogP contribution in [0.25, 0.3) is 10.8 Å². The van der Waals surface area contributed by atoms with Crippen LogP contribution in [0.4, 0.5) is 5.69 Å². The minimum atomic E-state index is -1.06. The van der Waals surface area contributed by atoms with E-state index < -0.39 is 5.97 Å². The second-order valence-electron chi connectivity index (χ2n) is 6.04. The van der Waals surface area contributed by atoms with E-state index in [-0.39, 0.29) is 17.5 Å². The van der Waals surface area contributed by atoms with Gasteiger partial charge in [0.15, 0.2) is 0 Å². The molecule has 1 fully saturated rings. The maximum Gasteiger partial charge on any atom is 0.336 e. The molecule has 4 N–H and O–H groups in total. The fraction of sp³-hybridized carbons (Fsp3) is 0.333. The number of aromatic carboxylic acids is 1. The van der Waals surface area contributed by atoms with Gasteiger partial charge < -0.3 is 16.2 Å². The number of anilines is 1. The van der Waals surface area contributed by atoms with Crippen molar-refractivity contribution in [1.29, 1.82) is 0 Å². The Kier molecular flexibility index (Phi) is 4.19. The number of amides is 1. The number of fused-ring (bicyclic) bond motifs is 1. The lowest BCUT2D eigenvalue weighted by molar-refractivity contribution is 0.0699. The van der Waals surface area contributed by atoms with Crippen LogP contribution in [0.15, 0.2) is 30.3 Å². The predicted octanol–water partition coefficient (Wildman–Crippen LogP) is 3.18. The molecule has 0 bridgehead atoms. The van der Waals surface area contributed by atoms with Crippen molar-refractivity contribution < 1.29 is 14.7 Å². The van der Waals surface area contributed by atoms with Gasteiger partial charge in [0.2, 0.25) is 0 Å². The number of nitrogen functional groups attached to an aromatic ring is 1. The minimum Gasteiger partial charge on any atom is -0.478 e. The highest BCUT2D eigenvalue weighted by atomic mass is 16.4. The lowest BCUT2D eigenvalue weighted by Crippen LogP contribution is -2.36. The zero-order chi connectivity index (χ0) is 16.4. The Bertz CT molecular complexity index is 764. The Morgan fingerprint density at radius 1 is 1.04 bits per heavy atom. The van der Waals surface area contributed by atoms with Gasteiger partial charge in [-0.15, -0.1) is 0 Å². The van der Waals surface area contributed by atoms with Gasteiger partial charge in [0, 0.05) is 28.1 Å². The molecule has 1 saturated carbocycles. The average Bonchev–Trinajstić information content (AvgIpc) is 2.55. The van der Waals surface area contributed by atoms with Crippen molar-refractivity contribution in [2.45, 2.75) is 38.1 Å². The average molecular weight is 312 g/mol. The zero-order valence-corrected chi connectivity index (χ0v) is 12.8. The standard InChI is InChI=1S/C18H20N2O3/c19-15-10-9-13(17(21)20-11-5-2-1-3-6-11)16-12(15)7-4-8-14(16)18(22)23/h4,7-11H,1-3,5-6,19H2,(H,20,21)(H,22,23). The second kappa shape index (κ2) is 6.28. The third-order valence-corrected chi connectivity index (χ3v) is 4.49.